The number of carbonyl (C=O) groups excluding carboxylic acids is 1. The van der Waals surface area contributed by atoms with E-state index in [0.717, 1.165) is 19.4 Å². The summed E-state index contributed by atoms with van der Waals surface area (Å²) in [5.74, 6) is -1.07. The van der Waals surface area contributed by atoms with Crippen LogP contribution in [0.15, 0.2) is 6.20 Å². The maximum Gasteiger partial charge on any atom is 1.00 e. The van der Waals surface area contributed by atoms with Gasteiger partial charge in [0, 0.05) is 6.54 Å². The van der Waals surface area contributed by atoms with Gasteiger partial charge >= 0.3 is 29.6 Å². The fourth-order valence-electron chi connectivity index (χ4n) is 1.04. The van der Waals surface area contributed by atoms with Crippen LogP contribution >= 0.6 is 0 Å². The van der Waals surface area contributed by atoms with Crippen LogP contribution in [0.2, 0.25) is 0 Å². The van der Waals surface area contributed by atoms with Crippen LogP contribution in [0.3, 0.4) is 0 Å². The van der Waals surface area contributed by atoms with Crippen molar-refractivity contribution in [1.29, 1.82) is 0 Å². The Morgan fingerprint density at radius 1 is 1.62 bits per heavy atom. The van der Waals surface area contributed by atoms with E-state index in [9.17, 15) is 9.90 Å². The minimum absolute atomic E-state index is 0. The molecule has 0 unspecified atom stereocenters. The molecule has 0 aliphatic rings. The second-order valence-corrected chi connectivity index (χ2v) is 3.06. The van der Waals surface area contributed by atoms with Crippen molar-refractivity contribution in [2.45, 2.75) is 19.8 Å². The molecule has 1 rings (SSSR count). The van der Waals surface area contributed by atoms with Crippen molar-refractivity contribution < 1.29 is 39.5 Å². The van der Waals surface area contributed by atoms with Gasteiger partial charge in [0.05, 0.1) is 12.2 Å². The summed E-state index contributed by atoms with van der Waals surface area (Å²) in [6.07, 6.45) is 3.40. The van der Waals surface area contributed by atoms with E-state index in [-0.39, 0.29) is 41.1 Å². The SMILES string of the molecule is CCCCNc1cnc(C(=O)[O-])c(N)n1.[Na+]. The molecule has 1 aromatic rings. The molecule has 3 N–H and O–H groups in total. The van der Waals surface area contributed by atoms with Crippen molar-refractivity contribution in [2.75, 3.05) is 17.6 Å². The summed E-state index contributed by atoms with van der Waals surface area (Å²) in [6.45, 7) is 2.83. The number of nitrogens with one attached hydrogen (secondary N) is 1. The summed E-state index contributed by atoms with van der Waals surface area (Å²) < 4.78 is 0. The van der Waals surface area contributed by atoms with Crippen molar-refractivity contribution in [3.63, 3.8) is 0 Å². The van der Waals surface area contributed by atoms with E-state index in [2.05, 4.69) is 22.2 Å². The Bertz CT molecular complexity index is 359. The first-order valence-corrected chi connectivity index (χ1v) is 4.73. The van der Waals surface area contributed by atoms with Crippen molar-refractivity contribution in [1.82, 2.24) is 9.97 Å². The van der Waals surface area contributed by atoms with E-state index >= 15 is 0 Å². The average molecular weight is 232 g/mol. The Labute approximate surface area is 116 Å². The first-order valence-electron chi connectivity index (χ1n) is 4.73. The number of carbonyl (C=O) groups is 1. The van der Waals surface area contributed by atoms with Gasteiger partial charge in [0.25, 0.3) is 0 Å². The van der Waals surface area contributed by atoms with Gasteiger partial charge in [-0.1, -0.05) is 13.3 Å². The number of nitrogens with two attached hydrogens (primary N) is 1. The number of anilines is 2. The molecule has 1 heterocycles. The number of aromatic nitrogens is 2. The summed E-state index contributed by atoms with van der Waals surface area (Å²) in [4.78, 5) is 18.0. The summed E-state index contributed by atoms with van der Waals surface area (Å²) in [6, 6.07) is 0. The van der Waals surface area contributed by atoms with Gasteiger partial charge in [0.15, 0.2) is 5.82 Å². The predicted molar refractivity (Wildman–Crippen MR) is 54.2 cm³/mol. The van der Waals surface area contributed by atoms with Crippen LogP contribution in [0.4, 0.5) is 11.6 Å². The molecule has 0 spiro atoms. The van der Waals surface area contributed by atoms with Crippen LogP contribution in [-0.4, -0.2) is 22.5 Å². The zero-order chi connectivity index (χ0) is 11.3. The van der Waals surface area contributed by atoms with Gasteiger partial charge in [-0.2, -0.15) is 0 Å². The second-order valence-electron chi connectivity index (χ2n) is 3.06. The van der Waals surface area contributed by atoms with E-state index in [4.69, 9.17) is 5.73 Å². The third-order valence-corrected chi connectivity index (χ3v) is 1.83. The number of carboxylic acid groups (broad SMARTS) is 1. The van der Waals surface area contributed by atoms with Gasteiger partial charge in [0.1, 0.15) is 11.5 Å². The van der Waals surface area contributed by atoms with E-state index in [0.29, 0.717) is 5.82 Å². The van der Waals surface area contributed by atoms with Crippen LogP contribution in [0.1, 0.15) is 30.3 Å². The number of unbranched alkanes of at least 4 members (excludes halogenated alkanes) is 1. The molecule has 1 aromatic heterocycles. The van der Waals surface area contributed by atoms with Crippen molar-refractivity contribution in [2.24, 2.45) is 0 Å². The van der Waals surface area contributed by atoms with Gasteiger partial charge in [-0.25, -0.2) is 9.97 Å². The van der Waals surface area contributed by atoms with Crippen LogP contribution < -0.4 is 45.7 Å². The molecule has 6 nitrogen and oxygen atoms in total. The predicted octanol–water partition coefficient (Wildman–Crippen LogP) is -3.36. The number of rotatable bonds is 5. The summed E-state index contributed by atoms with van der Waals surface area (Å²) in [5.41, 5.74) is 5.07. The Morgan fingerprint density at radius 3 is 2.81 bits per heavy atom. The van der Waals surface area contributed by atoms with Gasteiger partial charge in [0.2, 0.25) is 0 Å². The molecule has 0 fully saturated rings. The Hall–Kier alpha value is -0.850. The van der Waals surface area contributed by atoms with Gasteiger partial charge in [-0.15, -0.1) is 0 Å². The standard InChI is InChI=1S/C9H14N4O2.Na/c1-2-3-4-11-6-5-12-7(9(14)15)8(10)13-6;/h5H,2-4H2,1H3,(H,14,15)(H3,10,11,13);/q;+1/p-1. The molecule has 0 aliphatic carbocycles. The molecular formula is C9H13N4NaO2. The minimum atomic E-state index is -1.42. The van der Waals surface area contributed by atoms with Crippen molar-refractivity contribution in [3.8, 4) is 0 Å². The largest absolute Gasteiger partial charge is 1.00 e. The number of nitrogen functional groups attached to an aromatic ring is 1. The van der Waals surface area contributed by atoms with Gasteiger partial charge < -0.3 is 21.0 Å². The number of carboxylic acids is 1. The maximum atomic E-state index is 10.5. The molecule has 0 aliphatic heterocycles. The molecule has 0 amide bonds. The molecule has 0 bridgehead atoms. The molecule has 0 saturated carbocycles. The number of aromatic carboxylic acids is 1. The van der Waals surface area contributed by atoms with E-state index in [1.54, 1.807) is 0 Å². The summed E-state index contributed by atoms with van der Waals surface area (Å²) in [5, 5.41) is 13.5. The Morgan fingerprint density at radius 2 is 2.31 bits per heavy atom. The Balaban J connectivity index is 0.00000225. The summed E-state index contributed by atoms with van der Waals surface area (Å²) >= 11 is 0. The van der Waals surface area contributed by atoms with Crippen LogP contribution in [-0.2, 0) is 0 Å². The Kier molecular flexibility index (Phi) is 7.03. The van der Waals surface area contributed by atoms with Gasteiger partial charge in [-0.3, -0.25) is 0 Å². The monoisotopic (exact) mass is 232 g/mol. The van der Waals surface area contributed by atoms with Crippen LogP contribution in [0.5, 0.6) is 0 Å². The molecule has 16 heavy (non-hydrogen) atoms. The second kappa shape index (κ2) is 7.43. The average Bonchev–Trinajstić information content (AvgIpc) is 2.17. The number of hydrogen-bond acceptors (Lipinski definition) is 6. The molecular weight excluding hydrogens is 219 g/mol. The smallest absolute Gasteiger partial charge is 0.543 e. The first kappa shape index (κ1) is 15.2. The zero-order valence-electron chi connectivity index (χ0n) is 9.49. The van der Waals surface area contributed by atoms with Gasteiger partial charge in [-0.05, 0) is 6.42 Å². The normalized spacial score (nSPS) is 9.31. The molecule has 0 aromatic carbocycles. The maximum absolute atomic E-state index is 10.5. The quantitative estimate of drug-likeness (QED) is 0.406. The van der Waals surface area contributed by atoms with Crippen molar-refractivity contribution >= 4 is 17.6 Å². The van der Waals surface area contributed by atoms with Crippen molar-refractivity contribution in [3.05, 3.63) is 11.9 Å². The van der Waals surface area contributed by atoms with Crippen LogP contribution in [0, 0.1) is 0 Å². The van der Waals surface area contributed by atoms with E-state index in [1.807, 2.05) is 0 Å². The fourth-order valence-corrected chi connectivity index (χ4v) is 1.04. The molecule has 0 atom stereocenters. The van der Waals surface area contributed by atoms with E-state index < -0.39 is 5.97 Å². The number of nitrogens with zero attached hydrogens (tertiary/aromatic N) is 2. The third-order valence-electron chi connectivity index (χ3n) is 1.83. The minimum Gasteiger partial charge on any atom is -0.543 e. The first-order chi connectivity index (χ1) is 7.15. The van der Waals surface area contributed by atoms with Crippen LogP contribution in [0.25, 0.3) is 0 Å². The summed E-state index contributed by atoms with van der Waals surface area (Å²) in [7, 11) is 0. The van der Waals surface area contributed by atoms with E-state index in [1.165, 1.54) is 6.20 Å². The third kappa shape index (κ3) is 4.34. The molecule has 7 heteroatoms. The topological polar surface area (TPSA) is 104 Å². The zero-order valence-corrected chi connectivity index (χ0v) is 11.5. The fraction of sp³-hybridized carbons (Fsp3) is 0.444. The molecule has 0 radical (unpaired) electrons. The molecule has 0 saturated heterocycles. The molecule has 82 valence electrons. The number of hydrogen-bond donors (Lipinski definition) is 2.